The van der Waals surface area contributed by atoms with E-state index in [2.05, 4.69) is 10.6 Å². The van der Waals surface area contributed by atoms with Crippen LogP contribution in [0.15, 0.2) is 18.2 Å². The number of amides is 4. The summed E-state index contributed by atoms with van der Waals surface area (Å²) in [6.07, 6.45) is -1.67. The number of nitriles is 1. The Hall–Kier alpha value is -4.14. The maximum Gasteiger partial charge on any atom is 0.408 e. The van der Waals surface area contributed by atoms with Crippen LogP contribution in [0.2, 0.25) is 0 Å². The van der Waals surface area contributed by atoms with Crippen LogP contribution in [0, 0.1) is 25.2 Å². The monoisotopic (exact) mass is 531 g/mol. The second-order valence-electron chi connectivity index (χ2n) is 9.60. The van der Waals surface area contributed by atoms with Crippen LogP contribution in [0.1, 0.15) is 63.3 Å². The summed E-state index contributed by atoms with van der Waals surface area (Å²) in [7, 11) is 0. The number of rotatable bonds is 12. The zero-order valence-electron chi connectivity index (χ0n) is 22.8. The lowest BCUT2D eigenvalue weighted by Gasteiger charge is -2.33. The lowest BCUT2D eigenvalue weighted by Crippen LogP contribution is -2.54. The molecule has 208 valence electrons. The summed E-state index contributed by atoms with van der Waals surface area (Å²) in [6, 6.07) is 4.33. The van der Waals surface area contributed by atoms with Crippen molar-refractivity contribution >= 4 is 29.8 Å². The molecular formula is C26H37N5O7. The van der Waals surface area contributed by atoms with Crippen LogP contribution < -0.4 is 16.4 Å². The van der Waals surface area contributed by atoms with Gasteiger partial charge in [-0.25, -0.2) is 4.79 Å². The van der Waals surface area contributed by atoms with Gasteiger partial charge < -0.3 is 30.7 Å². The summed E-state index contributed by atoms with van der Waals surface area (Å²) in [5.74, 6) is -2.95. The number of benzene rings is 1. The molecule has 1 rings (SSSR count). The Morgan fingerprint density at radius 3 is 2.37 bits per heavy atom. The number of primary amides is 1. The molecule has 0 aliphatic carbocycles. The Balaban J connectivity index is 3.46. The van der Waals surface area contributed by atoms with E-state index in [1.165, 1.54) is 0 Å². The molecule has 0 saturated heterocycles. The molecule has 2 atom stereocenters. The van der Waals surface area contributed by atoms with E-state index in [0.29, 0.717) is 11.1 Å². The highest BCUT2D eigenvalue weighted by Gasteiger charge is 2.37. The van der Waals surface area contributed by atoms with Crippen LogP contribution in [-0.4, -0.2) is 66.0 Å². The minimum Gasteiger partial charge on any atom is -0.466 e. The van der Waals surface area contributed by atoms with Crippen LogP contribution in [0.4, 0.5) is 4.79 Å². The zero-order valence-corrected chi connectivity index (χ0v) is 22.8. The van der Waals surface area contributed by atoms with E-state index in [0.717, 1.165) is 10.5 Å². The van der Waals surface area contributed by atoms with Crippen LogP contribution in [0.5, 0.6) is 0 Å². The van der Waals surface area contributed by atoms with Crippen molar-refractivity contribution in [2.24, 2.45) is 5.73 Å². The molecular weight excluding hydrogens is 494 g/mol. The summed E-state index contributed by atoms with van der Waals surface area (Å²) in [5, 5.41) is 14.5. The highest BCUT2D eigenvalue weighted by Crippen LogP contribution is 2.27. The smallest absolute Gasteiger partial charge is 0.408 e. The summed E-state index contributed by atoms with van der Waals surface area (Å²) in [4.78, 5) is 64.0. The fourth-order valence-corrected chi connectivity index (χ4v) is 3.55. The molecule has 4 N–H and O–H groups in total. The molecule has 38 heavy (non-hydrogen) atoms. The molecule has 0 bridgehead atoms. The first kappa shape index (κ1) is 31.9. The van der Waals surface area contributed by atoms with Gasteiger partial charge in [-0.2, -0.15) is 5.26 Å². The number of aryl methyl sites for hydroxylation is 2. The molecule has 4 amide bonds. The predicted molar refractivity (Wildman–Crippen MR) is 137 cm³/mol. The Bertz CT molecular complexity index is 1070. The van der Waals surface area contributed by atoms with Gasteiger partial charge in [-0.05, 0) is 52.7 Å². The molecule has 1 aromatic rings. The van der Waals surface area contributed by atoms with E-state index < -0.39 is 60.4 Å². The minimum atomic E-state index is -1.50. The summed E-state index contributed by atoms with van der Waals surface area (Å²) < 4.78 is 10.1. The van der Waals surface area contributed by atoms with Gasteiger partial charge in [0.25, 0.3) is 0 Å². The lowest BCUT2D eigenvalue weighted by molar-refractivity contribution is -0.144. The third-order valence-corrected chi connectivity index (χ3v) is 5.14. The van der Waals surface area contributed by atoms with E-state index in [4.69, 9.17) is 15.2 Å². The van der Waals surface area contributed by atoms with Crippen molar-refractivity contribution in [2.45, 2.75) is 72.1 Å². The summed E-state index contributed by atoms with van der Waals surface area (Å²) in [5.41, 5.74) is 6.31. The third kappa shape index (κ3) is 10.5. The van der Waals surface area contributed by atoms with Gasteiger partial charge >= 0.3 is 12.1 Å². The molecule has 0 aliphatic heterocycles. The second kappa shape index (κ2) is 14.6. The molecule has 0 spiro atoms. The first-order valence-corrected chi connectivity index (χ1v) is 12.2. The van der Waals surface area contributed by atoms with Crippen LogP contribution in [-0.2, 0) is 28.7 Å². The minimum absolute atomic E-state index is 0.0749. The predicted octanol–water partition coefficient (Wildman–Crippen LogP) is 1.53. The number of esters is 1. The quantitative estimate of drug-likeness (QED) is 0.268. The van der Waals surface area contributed by atoms with Gasteiger partial charge in [0.15, 0.2) is 0 Å². The summed E-state index contributed by atoms with van der Waals surface area (Å²) in [6.45, 7) is 9.63. The molecule has 12 heteroatoms. The highest BCUT2D eigenvalue weighted by atomic mass is 16.6. The first-order valence-electron chi connectivity index (χ1n) is 12.2. The van der Waals surface area contributed by atoms with Crippen molar-refractivity contribution < 1.29 is 33.4 Å². The SMILES string of the molecule is CCOC(=O)CCNC(=O)C(c1cc(C)ccc1C)N(CC#N)C(=O)C(CC(N)=O)NC(=O)OC(C)(C)C. The van der Waals surface area contributed by atoms with Crippen molar-refractivity contribution in [3.63, 3.8) is 0 Å². The fraction of sp³-hybridized carbons (Fsp3) is 0.538. The van der Waals surface area contributed by atoms with E-state index in [9.17, 15) is 29.2 Å². The largest absolute Gasteiger partial charge is 0.466 e. The molecule has 0 radical (unpaired) electrons. The standard InChI is InChI=1S/C26H37N5O7/c1-7-37-21(33)10-12-29-23(34)22(18-14-16(2)8-9-17(18)3)31(13-11-27)24(35)19(15-20(28)32)30-25(36)38-26(4,5)6/h8-9,14,19,22H,7,10,12-13,15H2,1-6H3,(H2,28,32)(H,29,34)(H,30,36). The lowest BCUT2D eigenvalue weighted by atomic mass is 9.96. The van der Waals surface area contributed by atoms with Gasteiger partial charge in [-0.1, -0.05) is 23.8 Å². The second-order valence-corrected chi connectivity index (χ2v) is 9.60. The molecule has 0 fully saturated rings. The average molecular weight is 532 g/mol. The van der Waals surface area contributed by atoms with Crippen molar-refractivity contribution in [3.05, 3.63) is 34.9 Å². The number of ether oxygens (including phenoxy) is 2. The van der Waals surface area contributed by atoms with E-state index in [1.54, 1.807) is 53.7 Å². The van der Waals surface area contributed by atoms with Crippen molar-refractivity contribution in [2.75, 3.05) is 19.7 Å². The number of carbonyl (C=O) groups is 5. The van der Waals surface area contributed by atoms with Gasteiger partial charge in [-0.15, -0.1) is 0 Å². The van der Waals surface area contributed by atoms with Gasteiger partial charge in [0.1, 0.15) is 24.2 Å². The number of carbonyl (C=O) groups excluding carboxylic acids is 5. The number of nitrogens with one attached hydrogen (secondary N) is 2. The number of hydrogen-bond donors (Lipinski definition) is 3. The molecule has 0 saturated carbocycles. The summed E-state index contributed by atoms with van der Waals surface area (Å²) >= 11 is 0. The van der Waals surface area contributed by atoms with E-state index >= 15 is 0 Å². The third-order valence-electron chi connectivity index (χ3n) is 5.14. The van der Waals surface area contributed by atoms with Crippen molar-refractivity contribution in [1.29, 1.82) is 5.26 Å². The molecule has 12 nitrogen and oxygen atoms in total. The zero-order chi connectivity index (χ0) is 29.0. The maximum absolute atomic E-state index is 13.7. The van der Waals surface area contributed by atoms with Gasteiger partial charge in [0, 0.05) is 6.54 Å². The van der Waals surface area contributed by atoms with Crippen LogP contribution >= 0.6 is 0 Å². The number of hydrogen-bond acceptors (Lipinski definition) is 8. The molecule has 1 aromatic carbocycles. The number of alkyl carbamates (subject to hydrolysis) is 1. The van der Waals surface area contributed by atoms with Gasteiger partial charge in [0.2, 0.25) is 17.7 Å². The maximum atomic E-state index is 13.7. The topological polar surface area (TPSA) is 181 Å². The van der Waals surface area contributed by atoms with Crippen LogP contribution in [0.3, 0.4) is 0 Å². The highest BCUT2D eigenvalue weighted by molar-refractivity contribution is 5.95. The van der Waals surface area contributed by atoms with Crippen molar-refractivity contribution in [1.82, 2.24) is 15.5 Å². The van der Waals surface area contributed by atoms with Crippen molar-refractivity contribution in [3.8, 4) is 6.07 Å². The molecule has 0 aromatic heterocycles. The fourth-order valence-electron chi connectivity index (χ4n) is 3.55. The Morgan fingerprint density at radius 1 is 1.16 bits per heavy atom. The number of nitrogens with two attached hydrogens (primary N) is 1. The van der Waals surface area contributed by atoms with E-state index in [-0.39, 0.29) is 19.6 Å². The Kier molecular flexibility index (Phi) is 12.2. The van der Waals surface area contributed by atoms with Gasteiger partial charge in [0.05, 0.1) is 25.5 Å². The average Bonchev–Trinajstić information content (AvgIpc) is 2.78. The Morgan fingerprint density at radius 2 is 1.82 bits per heavy atom. The molecule has 0 aliphatic rings. The Labute approximate surface area is 222 Å². The number of nitrogens with zero attached hydrogens (tertiary/aromatic N) is 2. The molecule has 2 unspecified atom stereocenters. The van der Waals surface area contributed by atoms with Crippen LogP contribution in [0.25, 0.3) is 0 Å². The molecule has 0 heterocycles. The van der Waals surface area contributed by atoms with E-state index in [1.807, 2.05) is 12.1 Å². The van der Waals surface area contributed by atoms with Gasteiger partial charge in [-0.3, -0.25) is 19.2 Å². The first-order chi connectivity index (χ1) is 17.7. The normalized spacial score (nSPS) is 12.3.